The lowest BCUT2D eigenvalue weighted by Crippen LogP contribution is -2.63. The van der Waals surface area contributed by atoms with Gasteiger partial charge in [-0.05, 0) is 45.3 Å². The Labute approximate surface area is 411 Å². The number of rotatable bonds is 29. The maximum absolute atomic E-state index is 13.3. The highest BCUT2D eigenvalue weighted by Crippen LogP contribution is 2.34. The molecule has 1 fully saturated rings. The fourth-order valence-electron chi connectivity index (χ4n) is 8.04. The largest absolute Gasteiger partial charge is 0.374 e. The monoisotopic (exact) mass is 971 g/mol. The van der Waals surface area contributed by atoms with Gasteiger partial charge in [0.1, 0.15) is 36.6 Å². The van der Waals surface area contributed by atoms with Crippen LogP contribution in [0.15, 0.2) is 187 Å². The summed E-state index contributed by atoms with van der Waals surface area (Å²) in [6.45, 7) is 0.827. The molecule has 0 spiro atoms. The van der Waals surface area contributed by atoms with E-state index in [0.717, 1.165) is 39.6 Å². The maximum atomic E-state index is 13.3. The average Bonchev–Trinajstić information content (AvgIpc) is 3.39. The molecule has 6 aromatic carbocycles. The van der Waals surface area contributed by atoms with Gasteiger partial charge in [0.25, 0.3) is 10.1 Å². The van der Waals surface area contributed by atoms with E-state index in [0.29, 0.717) is 0 Å². The Morgan fingerprint density at radius 3 is 1.41 bits per heavy atom. The van der Waals surface area contributed by atoms with Crippen molar-refractivity contribution in [1.82, 2.24) is 0 Å². The molecule has 0 saturated carbocycles. The van der Waals surface area contributed by atoms with Crippen LogP contribution in [0.2, 0.25) is 0 Å². The Hall–Kier alpha value is -5.78. The summed E-state index contributed by atoms with van der Waals surface area (Å²) in [6, 6.07) is 58.1. The molecule has 15 heteroatoms. The normalized spacial score (nSPS) is 19.4. The summed E-state index contributed by atoms with van der Waals surface area (Å²) in [5.74, 6) is 0. The van der Waals surface area contributed by atoms with Gasteiger partial charge in [-0.2, -0.15) is 8.42 Å². The highest BCUT2D eigenvalue weighted by Gasteiger charge is 2.51. The van der Waals surface area contributed by atoms with Crippen molar-refractivity contribution in [3.8, 4) is 0 Å². The van der Waals surface area contributed by atoms with Crippen molar-refractivity contribution in [3.05, 3.63) is 226 Å². The van der Waals surface area contributed by atoms with E-state index < -0.39 is 59.1 Å². The van der Waals surface area contributed by atoms with Gasteiger partial charge in [0, 0.05) is 11.5 Å². The Morgan fingerprint density at radius 1 is 0.543 bits per heavy atom. The standard InChI is InChI=1S/C55H61N3O11S/c1-70(59,60)69-50(41-62-35-43-22-10-3-11-23-43)51(48(32-33-57-58-56)63-36-44-24-12-4-13-25-44)68-55-54(66-39-47-30-18-7-19-31-47)53(65-38-46-28-16-6-17-29-46)52(64-37-45-26-14-5-15-27-45)49(67-55)40-61-34-42-20-8-2-9-21-42/h2-31,48-55H,32-41H2,1H3/t48-,49-,50-,51+,52+,53+,54-,55+/m1/s1. The quantitative estimate of drug-likeness (QED) is 0.0190. The van der Waals surface area contributed by atoms with Crippen LogP contribution in [-0.4, -0.2) is 83.4 Å². The summed E-state index contributed by atoms with van der Waals surface area (Å²) in [5.41, 5.74) is 14.8. The third-order valence-corrected chi connectivity index (χ3v) is 12.0. The molecule has 0 aromatic heterocycles. The summed E-state index contributed by atoms with van der Waals surface area (Å²) in [6.07, 6.45) is -7.24. The molecule has 1 saturated heterocycles. The second-order valence-corrected chi connectivity index (χ2v) is 18.4. The number of azide groups is 1. The lowest BCUT2D eigenvalue weighted by molar-refractivity contribution is -0.346. The van der Waals surface area contributed by atoms with Gasteiger partial charge in [-0.1, -0.05) is 187 Å². The van der Waals surface area contributed by atoms with Crippen molar-refractivity contribution in [2.24, 2.45) is 5.11 Å². The minimum absolute atomic E-state index is 0.0140. The molecule has 6 aromatic rings. The first-order chi connectivity index (χ1) is 34.3. The molecule has 0 N–H and O–H groups in total. The van der Waals surface area contributed by atoms with Crippen LogP contribution in [0.1, 0.15) is 39.8 Å². The Morgan fingerprint density at radius 2 is 0.957 bits per heavy atom. The lowest BCUT2D eigenvalue weighted by Gasteiger charge is -2.47. The van der Waals surface area contributed by atoms with Gasteiger partial charge >= 0.3 is 0 Å². The van der Waals surface area contributed by atoms with Crippen LogP contribution in [0.4, 0.5) is 0 Å². The number of nitrogens with zero attached hydrogens (tertiary/aromatic N) is 3. The first-order valence-electron chi connectivity index (χ1n) is 23.4. The van der Waals surface area contributed by atoms with Gasteiger partial charge in [0.15, 0.2) is 6.29 Å². The van der Waals surface area contributed by atoms with Crippen LogP contribution in [0.25, 0.3) is 10.4 Å². The van der Waals surface area contributed by atoms with Crippen molar-refractivity contribution in [2.75, 3.05) is 26.0 Å². The van der Waals surface area contributed by atoms with Crippen molar-refractivity contribution in [2.45, 2.75) is 95.1 Å². The van der Waals surface area contributed by atoms with Crippen LogP contribution in [0, 0.1) is 0 Å². The first-order valence-corrected chi connectivity index (χ1v) is 25.2. The van der Waals surface area contributed by atoms with E-state index in [-0.39, 0.29) is 65.8 Å². The Kier molecular flexibility index (Phi) is 20.9. The zero-order chi connectivity index (χ0) is 48.6. The van der Waals surface area contributed by atoms with Crippen LogP contribution in [0.5, 0.6) is 0 Å². The highest BCUT2D eigenvalue weighted by molar-refractivity contribution is 7.86. The van der Waals surface area contributed by atoms with Gasteiger partial charge in [0.05, 0.1) is 65.2 Å². The van der Waals surface area contributed by atoms with Crippen LogP contribution >= 0.6 is 0 Å². The molecule has 368 valence electrons. The van der Waals surface area contributed by atoms with Crippen LogP contribution in [-0.2, 0) is 91.8 Å². The van der Waals surface area contributed by atoms with E-state index in [2.05, 4.69) is 10.0 Å². The van der Waals surface area contributed by atoms with Gasteiger partial charge in [-0.3, -0.25) is 4.18 Å². The van der Waals surface area contributed by atoms with Gasteiger partial charge in [-0.25, -0.2) is 0 Å². The molecule has 0 unspecified atom stereocenters. The summed E-state index contributed by atoms with van der Waals surface area (Å²) in [4.78, 5) is 3.00. The second kappa shape index (κ2) is 28.2. The first kappa shape index (κ1) is 52.1. The number of hydrogen-bond acceptors (Lipinski definition) is 12. The smallest absolute Gasteiger partial charge is 0.264 e. The molecule has 70 heavy (non-hydrogen) atoms. The zero-order valence-electron chi connectivity index (χ0n) is 39.3. The van der Waals surface area contributed by atoms with E-state index in [1.54, 1.807) is 0 Å². The predicted octanol–water partition coefficient (Wildman–Crippen LogP) is 9.92. The molecule has 0 bridgehead atoms. The number of hydrogen-bond donors (Lipinski definition) is 0. The fraction of sp³-hybridized carbons (Fsp3) is 0.345. The Balaban J connectivity index is 1.31. The molecule has 8 atom stereocenters. The van der Waals surface area contributed by atoms with Crippen LogP contribution < -0.4 is 0 Å². The van der Waals surface area contributed by atoms with Crippen molar-refractivity contribution >= 4 is 10.1 Å². The second-order valence-electron chi connectivity index (χ2n) is 16.8. The minimum Gasteiger partial charge on any atom is -0.374 e. The highest BCUT2D eigenvalue weighted by atomic mass is 32.2. The molecular weight excluding hydrogens is 911 g/mol. The van der Waals surface area contributed by atoms with Gasteiger partial charge in [0.2, 0.25) is 0 Å². The molecule has 1 heterocycles. The zero-order valence-corrected chi connectivity index (χ0v) is 40.1. The molecule has 0 amide bonds. The molecule has 7 rings (SSSR count). The molecule has 1 aliphatic rings. The van der Waals surface area contributed by atoms with Crippen molar-refractivity contribution in [3.63, 3.8) is 0 Å². The number of ether oxygens (including phenoxy) is 8. The molecule has 14 nitrogen and oxygen atoms in total. The summed E-state index contributed by atoms with van der Waals surface area (Å²) < 4.78 is 86.9. The van der Waals surface area contributed by atoms with E-state index in [9.17, 15) is 13.9 Å². The summed E-state index contributed by atoms with van der Waals surface area (Å²) in [5, 5.41) is 3.85. The lowest BCUT2D eigenvalue weighted by atomic mass is 9.97. The maximum Gasteiger partial charge on any atom is 0.264 e. The van der Waals surface area contributed by atoms with Gasteiger partial charge < -0.3 is 37.9 Å². The SMILES string of the molecule is CS(=O)(=O)O[C@H](COCc1ccccc1)[C@@H](O[C@@H]1O[C@H](COCc2ccccc2)[C@H](OCc2ccccc2)[C@H](OCc2ccccc2)[C@H]1OCc1ccccc1)[C@@H](CCN=[N+]=[N-])OCc1ccccc1. The summed E-state index contributed by atoms with van der Waals surface area (Å²) >= 11 is 0. The molecule has 0 radical (unpaired) electrons. The van der Waals surface area contributed by atoms with E-state index >= 15 is 0 Å². The molecule has 0 aliphatic carbocycles. The fourth-order valence-corrected chi connectivity index (χ4v) is 8.66. The number of benzene rings is 6. The average molecular weight is 972 g/mol. The third kappa shape index (κ3) is 17.3. The predicted molar refractivity (Wildman–Crippen MR) is 264 cm³/mol. The van der Waals surface area contributed by atoms with E-state index in [4.69, 9.17) is 42.1 Å². The van der Waals surface area contributed by atoms with Crippen molar-refractivity contribution < 1.29 is 50.5 Å². The summed E-state index contributed by atoms with van der Waals surface area (Å²) in [7, 11) is -4.17. The molecule has 1 aliphatic heterocycles. The molecular formula is C55H61N3O11S. The Bertz CT molecular complexity index is 2530. The third-order valence-electron chi connectivity index (χ3n) is 11.4. The van der Waals surface area contributed by atoms with E-state index in [1.165, 1.54) is 0 Å². The van der Waals surface area contributed by atoms with Crippen LogP contribution in [0.3, 0.4) is 0 Å². The minimum atomic E-state index is -4.17. The van der Waals surface area contributed by atoms with Gasteiger partial charge in [-0.15, -0.1) is 0 Å². The topological polar surface area (TPSA) is 166 Å². The van der Waals surface area contributed by atoms with E-state index in [1.807, 2.05) is 182 Å². The van der Waals surface area contributed by atoms with Crippen molar-refractivity contribution in [1.29, 1.82) is 0 Å².